The lowest BCUT2D eigenvalue weighted by Gasteiger charge is -2.17. The highest BCUT2D eigenvalue weighted by atomic mass is 16.2. The molecule has 8 atom stereocenters. The number of nitrogens with zero attached hydrogens (tertiary/aromatic N) is 2. The molecular weight excluding hydrogens is 877 g/mol. The first-order valence-electron chi connectivity index (χ1n) is 24.3. The van der Waals surface area contributed by atoms with Crippen LogP contribution in [-0.2, 0) is 32.3 Å². The predicted octanol–water partition coefficient (Wildman–Crippen LogP) is 6.71. The van der Waals surface area contributed by atoms with Gasteiger partial charge in [-0.25, -0.2) is 0 Å². The Morgan fingerprint density at radius 2 is 0.700 bits per heavy atom. The van der Waals surface area contributed by atoms with Gasteiger partial charge >= 0.3 is 0 Å². The van der Waals surface area contributed by atoms with E-state index in [1.54, 1.807) is 34.1 Å². The van der Waals surface area contributed by atoms with Crippen LogP contribution in [0.15, 0.2) is 170 Å². The maximum absolute atomic E-state index is 14.1. The fourth-order valence-electron chi connectivity index (χ4n) is 10.2. The van der Waals surface area contributed by atoms with Crippen molar-refractivity contribution in [2.24, 2.45) is 23.7 Å². The normalized spacial score (nSPS) is 23.2. The third-order valence-electron chi connectivity index (χ3n) is 14.5. The van der Waals surface area contributed by atoms with Gasteiger partial charge in [0.2, 0.25) is 23.6 Å². The summed E-state index contributed by atoms with van der Waals surface area (Å²) in [6.45, 7) is 1.08. The van der Waals surface area contributed by atoms with Gasteiger partial charge in [-0.15, -0.1) is 0 Å². The van der Waals surface area contributed by atoms with Crippen LogP contribution in [-0.4, -0.2) is 83.5 Å². The summed E-state index contributed by atoms with van der Waals surface area (Å²) in [6.07, 6.45) is 1.65. The molecule has 6 aromatic carbocycles. The highest BCUT2D eigenvalue weighted by molar-refractivity contribution is 5.99. The van der Waals surface area contributed by atoms with Crippen LogP contribution < -0.4 is 21.3 Å². The maximum atomic E-state index is 14.1. The van der Waals surface area contributed by atoms with Crippen molar-refractivity contribution in [2.45, 2.75) is 49.9 Å². The summed E-state index contributed by atoms with van der Waals surface area (Å²) < 4.78 is 0. The zero-order valence-corrected chi connectivity index (χ0v) is 38.8. The van der Waals surface area contributed by atoms with Gasteiger partial charge < -0.3 is 31.1 Å². The molecule has 12 heteroatoms. The summed E-state index contributed by atoms with van der Waals surface area (Å²) in [4.78, 5) is 86.5. The molecule has 2 saturated heterocycles. The van der Waals surface area contributed by atoms with E-state index in [2.05, 4.69) is 45.5 Å². The van der Waals surface area contributed by atoms with Crippen molar-refractivity contribution >= 4 is 35.4 Å². The van der Waals surface area contributed by atoms with Crippen molar-refractivity contribution < 1.29 is 28.8 Å². The molecule has 4 fully saturated rings. The van der Waals surface area contributed by atoms with E-state index in [0.717, 1.165) is 35.1 Å². The topological polar surface area (TPSA) is 157 Å². The number of likely N-dealkylation sites (tertiary alicyclic amines) is 2. The van der Waals surface area contributed by atoms with E-state index >= 15 is 0 Å². The monoisotopic (exact) mass is 932 g/mol. The van der Waals surface area contributed by atoms with Crippen LogP contribution in [0.1, 0.15) is 67.6 Å². The number of hydrogen-bond donors (Lipinski definition) is 4. The van der Waals surface area contributed by atoms with Crippen molar-refractivity contribution in [3.8, 4) is 11.1 Å². The van der Waals surface area contributed by atoms with E-state index in [0.29, 0.717) is 24.2 Å². The molecule has 12 nitrogen and oxygen atoms in total. The average Bonchev–Trinajstić information content (AvgIpc) is 4.25. The SMILES string of the molecule is O=C(NCc1ccccc1)[C@H]1CN(C(=O)c2ccc(-c3ccc(C(=O)N4C[C@@H](C(=O)NCc5ccccc5)[C@H](C(=O)NC5C[C@H]5c5ccccc5)C4)cc3)cc2)C[C@@H]1C(=O)NC1C[C@@H]1c1ccccc1. The van der Waals surface area contributed by atoms with Gasteiger partial charge in [-0.3, -0.25) is 28.8 Å². The second kappa shape index (κ2) is 20.4. The Balaban J connectivity index is 0.782. The highest BCUT2D eigenvalue weighted by Gasteiger charge is 2.48. The van der Waals surface area contributed by atoms with Gasteiger partial charge in [0.15, 0.2) is 0 Å². The van der Waals surface area contributed by atoms with Gasteiger partial charge in [-0.05, 0) is 70.5 Å². The summed E-state index contributed by atoms with van der Waals surface area (Å²) in [5.74, 6) is -3.92. The summed E-state index contributed by atoms with van der Waals surface area (Å²) in [7, 11) is 0. The van der Waals surface area contributed by atoms with Crippen LogP contribution in [0.2, 0.25) is 0 Å². The first-order chi connectivity index (χ1) is 34.2. The number of rotatable bonds is 15. The van der Waals surface area contributed by atoms with Crippen LogP contribution in [0.4, 0.5) is 0 Å². The molecule has 6 aromatic rings. The van der Waals surface area contributed by atoms with Crippen molar-refractivity contribution in [1.82, 2.24) is 31.1 Å². The smallest absolute Gasteiger partial charge is 0.253 e. The molecule has 2 unspecified atom stereocenters. The molecule has 0 spiro atoms. The maximum Gasteiger partial charge on any atom is 0.253 e. The number of carbonyl (C=O) groups is 6. The Kier molecular flexibility index (Phi) is 13.4. The number of amides is 6. The van der Waals surface area contributed by atoms with Crippen molar-refractivity contribution in [3.63, 3.8) is 0 Å². The Bertz CT molecular complexity index is 2650. The van der Waals surface area contributed by atoms with Gasteiger partial charge in [-0.2, -0.15) is 0 Å². The molecule has 2 aliphatic heterocycles. The Labute approximate surface area is 407 Å². The van der Waals surface area contributed by atoms with E-state index in [1.807, 2.05) is 121 Å². The van der Waals surface area contributed by atoms with E-state index in [1.165, 1.54) is 11.1 Å². The summed E-state index contributed by atoms with van der Waals surface area (Å²) in [5.41, 5.74) is 6.72. The number of nitrogens with one attached hydrogen (secondary N) is 4. The van der Waals surface area contributed by atoms with Gasteiger partial charge in [0.25, 0.3) is 11.8 Å². The molecule has 0 radical (unpaired) electrons. The lowest BCUT2D eigenvalue weighted by molar-refractivity contribution is -0.133. The molecule has 2 saturated carbocycles. The number of hydrogen-bond acceptors (Lipinski definition) is 6. The number of carbonyl (C=O) groups excluding carboxylic acids is 6. The lowest BCUT2D eigenvalue weighted by atomic mass is 9.94. The fraction of sp³-hybridized carbons (Fsp3) is 0.276. The van der Waals surface area contributed by atoms with E-state index in [9.17, 15) is 28.8 Å². The quantitative estimate of drug-likeness (QED) is 0.0898. The van der Waals surface area contributed by atoms with Crippen LogP contribution >= 0.6 is 0 Å². The van der Waals surface area contributed by atoms with E-state index in [4.69, 9.17) is 0 Å². The Morgan fingerprint density at radius 3 is 1.04 bits per heavy atom. The minimum Gasteiger partial charge on any atom is -0.352 e. The lowest BCUT2D eigenvalue weighted by Crippen LogP contribution is -2.42. The van der Waals surface area contributed by atoms with Crippen LogP contribution in [0.3, 0.4) is 0 Å². The predicted molar refractivity (Wildman–Crippen MR) is 266 cm³/mol. The minimum atomic E-state index is -0.719. The van der Waals surface area contributed by atoms with Gasteiger partial charge in [-0.1, -0.05) is 146 Å². The second-order valence-electron chi connectivity index (χ2n) is 19.1. The van der Waals surface area contributed by atoms with Crippen molar-refractivity contribution in [2.75, 3.05) is 26.2 Å². The second-order valence-corrected chi connectivity index (χ2v) is 19.1. The molecule has 2 aliphatic carbocycles. The molecule has 0 aromatic heterocycles. The third kappa shape index (κ3) is 10.4. The fourth-order valence-corrected chi connectivity index (χ4v) is 10.2. The summed E-state index contributed by atoms with van der Waals surface area (Å²) in [5, 5.41) is 12.4. The average molecular weight is 933 g/mol. The largest absolute Gasteiger partial charge is 0.352 e. The Hall–Kier alpha value is -7.86. The first kappa shape index (κ1) is 45.9. The van der Waals surface area contributed by atoms with E-state index < -0.39 is 23.7 Å². The standard InChI is InChI=1S/C58H56N6O6/c65-53(59-31-37-13-5-1-6-14-37)47-33-63(35-49(47)55(67)61-51-29-45(51)41-17-9-3-10-18-41)57(69)43-25-21-39(22-26-43)40-23-27-44(28-24-40)58(70)64-34-48(54(66)60-32-38-15-7-2-8-16-38)50(36-64)56(68)62-52-30-46(52)42-19-11-4-12-20-42/h1-28,45-52H,29-36H2,(H,59,65)(H,60,66)(H,61,67)(H,62,68)/t45-,46+,47+,48-,49+,50-,51?,52?. The molecule has 10 rings (SSSR count). The minimum absolute atomic E-state index is 0.0185. The third-order valence-corrected chi connectivity index (χ3v) is 14.5. The van der Waals surface area contributed by atoms with Crippen molar-refractivity contribution in [3.05, 3.63) is 203 Å². The summed E-state index contributed by atoms with van der Waals surface area (Å²) in [6, 6.07) is 53.6. The molecule has 6 amide bonds. The molecule has 0 bridgehead atoms. The Morgan fingerprint density at radius 1 is 0.386 bits per heavy atom. The van der Waals surface area contributed by atoms with Crippen LogP contribution in [0.5, 0.6) is 0 Å². The molecule has 70 heavy (non-hydrogen) atoms. The van der Waals surface area contributed by atoms with Crippen LogP contribution in [0, 0.1) is 23.7 Å². The van der Waals surface area contributed by atoms with E-state index in [-0.39, 0.29) is 85.5 Å². The zero-order valence-electron chi connectivity index (χ0n) is 38.8. The summed E-state index contributed by atoms with van der Waals surface area (Å²) >= 11 is 0. The van der Waals surface area contributed by atoms with Crippen molar-refractivity contribution in [1.29, 1.82) is 0 Å². The van der Waals surface area contributed by atoms with Gasteiger partial charge in [0.1, 0.15) is 0 Å². The number of benzene rings is 6. The molecular formula is C58H56N6O6. The molecule has 2 heterocycles. The first-order valence-corrected chi connectivity index (χ1v) is 24.3. The zero-order chi connectivity index (χ0) is 48.1. The molecule has 354 valence electrons. The molecule has 4 N–H and O–H groups in total. The van der Waals surface area contributed by atoms with Gasteiger partial charge in [0, 0.05) is 74.3 Å². The molecule has 4 aliphatic rings. The highest BCUT2D eigenvalue weighted by Crippen LogP contribution is 2.42. The van der Waals surface area contributed by atoms with Crippen LogP contribution in [0.25, 0.3) is 11.1 Å². The van der Waals surface area contributed by atoms with Gasteiger partial charge in [0.05, 0.1) is 23.7 Å².